The standard InChI is InChI=1S/C17H22N6O/c1-11(16(24)21-17-18-7-3-8-19-17)23-9-6-14-13(10-23)20-15(22(14)2)12-4-5-12/h3,7-8,11-12H,4-6,9-10H2,1-2H3,(H,18,19,21,24)/t11-/m1/s1. The van der Waals surface area contributed by atoms with Crippen LogP contribution in [0.1, 0.15) is 42.9 Å². The van der Waals surface area contributed by atoms with Gasteiger partial charge in [0, 0.05) is 50.6 Å². The molecule has 2 aromatic rings. The third-order valence-corrected chi connectivity index (χ3v) is 4.99. The SMILES string of the molecule is C[C@H](C(=O)Nc1ncccn1)N1CCc2c(nc(C3CC3)n2C)C1. The Labute approximate surface area is 141 Å². The second-order valence-electron chi connectivity index (χ2n) is 6.65. The van der Waals surface area contributed by atoms with E-state index >= 15 is 0 Å². The molecule has 0 unspecified atom stereocenters. The molecule has 2 aromatic heterocycles. The topological polar surface area (TPSA) is 75.9 Å². The monoisotopic (exact) mass is 326 g/mol. The maximum Gasteiger partial charge on any atom is 0.243 e. The minimum absolute atomic E-state index is 0.0806. The first kappa shape index (κ1) is 15.3. The molecule has 0 spiro atoms. The highest BCUT2D eigenvalue weighted by Crippen LogP contribution is 2.40. The van der Waals surface area contributed by atoms with E-state index in [4.69, 9.17) is 4.98 Å². The Bertz CT molecular complexity index is 752. The van der Waals surface area contributed by atoms with Crippen LogP contribution in [0.15, 0.2) is 18.5 Å². The summed E-state index contributed by atoms with van der Waals surface area (Å²) in [6.07, 6.45) is 6.68. The van der Waals surface area contributed by atoms with Gasteiger partial charge in [-0.3, -0.25) is 15.0 Å². The minimum Gasteiger partial charge on any atom is -0.335 e. The van der Waals surface area contributed by atoms with Crippen LogP contribution in [0.5, 0.6) is 0 Å². The molecule has 0 bridgehead atoms. The van der Waals surface area contributed by atoms with E-state index < -0.39 is 0 Å². The highest BCUT2D eigenvalue weighted by Gasteiger charge is 2.33. The first-order valence-electron chi connectivity index (χ1n) is 8.50. The summed E-state index contributed by atoms with van der Waals surface area (Å²) >= 11 is 0. The Kier molecular flexibility index (Phi) is 3.80. The van der Waals surface area contributed by atoms with Gasteiger partial charge in [0.15, 0.2) is 0 Å². The van der Waals surface area contributed by atoms with Crippen molar-refractivity contribution < 1.29 is 4.79 Å². The van der Waals surface area contributed by atoms with Crippen molar-refractivity contribution in [2.45, 2.75) is 44.7 Å². The maximum absolute atomic E-state index is 12.5. The van der Waals surface area contributed by atoms with E-state index in [9.17, 15) is 4.79 Å². The fraction of sp³-hybridized carbons (Fsp3) is 0.529. The number of hydrogen-bond donors (Lipinski definition) is 1. The Morgan fingerprint density at radius 1 is 1.33 bits per heavy atom. The first-order valence-corrected chi connectivity index (χ1v) is 8.50. The van der Waals surface area contributed by atoms with E-state index in [-0.39, 0.29) is 11.9 Å². The average molecular weight is 326 g/mol. The molecule has 7 heteroatoms. The molecule has 1 atom stereocenters. The average Bonchev–Trinajstić information content (AvgIpc) is 3.39. The maximum atomic E-state index is 12.5. The van der Waals surface area contributed by atoms with E-state index in [2.05, 4.69) is 31.8 Å². The second-order valence-corrected chi connectivity index (χ2v) is 6.65. The molecule has 0 saturated heterocycles. The molecule has 24 heavy (non-hydrogen) atoms. The van der Waals surface area contributed by atoms with Crippen molar-refractivity contribution in [1.29, 1.82) is 0 Å². The van der Waals surface area contributed by atoms with Crippen molar-refractivity contribution in [3.63, 3.8) is 0 Å². The van der Waals surface area contributed by atoms with Crippen LogP contribution in [-0.4, -0.2) is 42.9 Å². The highest BCUT2D eigenvalue weighted by atomic mass is 16.2. The van der Waals surface area contributed by atoms with E-state index in [0.29, 0.717) is 11.9 Å². The molecule has 0 aromatic carbocycles. The molecule has 1 aliphatic carbocycles. The molecule has 1 N–H and O–H groups in total. The van der Waals surface area contributed by atoms with Gasteiger partial charge >= 0.3 is 0 Å². The summed E-state index contributed by atoms with van der Waals surface area (Å²) in [4.78, 5) is 27.6. The lowest BCUT2D eigenvalue weighted by atomic mass is 10.1. The fourth-order valence-corrected chi connectivity index (χ4v) is 3.35. The number of nitrogens with one attached hydrogen (secondary N) is 1. The number of amides is 1. The largest absolute Gasteiger partial charge is 0.335 e. The Morgan fingerprint density at radius 2 is 2.08 bits per heavy atom. The number of carbonyl (C=O) groups excluding carboxylic acids is 1. The van der Waals surface area contributed by atoms with Gasteiger partial charge < -0.3 is 4.57 Å². The van der Waals surface area contributed by atoms with E-state index in [1.807, 2.05) is 6.92 Å². The van der Waals surface area contributed by atoms with Gasteiger partial charge in [0.1, 0.15) is 5.82 Å². The minimum atomic E-state index is -0.242. The van der Waals surface area contributed by atoms with Crippen molar-refractivity contribution in [2.24, 2.45) is 7.05 Å². The molecular formula is C17H22N6O. The smallest absolute Gasteiger partial charge is 0.243 e. The van der Waals surface area contributed by atoms with E-state index in [1.54, 1.807) is 18.5 Å². The molecule has 2 aliphatic rings. The van der Waals surface area contributed by atoms with Gasteiger partial charge in [-0.15, -0.1) is 0 Å². The van der Waals surface area contributed by atoms with Gasteiger partial charge in [0.05, 0.1) is 11.7 Å². The fourth-order valence-electron chi connectivity index (χ4n) is 3.35. The van der Waals surface area contributed by atoms with Crippen molar-refractivity contribution in [3.05, 3.63) is 35.7 Å². The predicted octanol–water partition coefficient (Wildman–Crippen LogP) is 1.47. The zero-order valence-electron chi connectivity index (χ0n) is 14.1. The number of anilines is 1. The predicted molar refractivity (Wildman–Crippen MR) is 89.4 cm³/mol. The lowest BCUT2D eigenvalue weighted by Gasteiger charge is -2.31. The number of rotatable bonds is 4. The highest BCUT2D eigenvalue weighted by molar-refractivity contribution is 5.93. The molecule has 1 fully saturated rings. The lowest BCUT2D eigenvalue weighted by Crippen LogP contribution is -2.44. The molecular weight excluding hydrogens is 304 g/mol. The normalized spacial score (nSPS) is 18.9. The quantitative estimate of drug-likeness (QED) is 0.921. The second kappa shape index (κ2) is 5.98. The van der Waals surface area contributed by atoms with Gasteiger partial charge in [-0.25, -0.2) is 15.0 Å². The van der Waals surface area contributed by atoms with Gasteiger partial charge in [0.2, 0.25) is 11.9 Å². The van der Waals surface area contributed by atoms with E-state index in [1.165, 1.54) is 24.4 Å². The molecule has 7 nitrogen and oxygen atoms in total. The molecule has 3 heterocycles. The van der Waals surface area contributed by atoms with Crippen LogP contribution in [0.3, 0.4) is 0 Å². The van der Waals surface area contributed by atoms with Crippen LogP contribution < -0.4 is 5.32 Å². The van der Waals surface area contributed by atoms with Crippen LogP contribution in [0, 0.1) is 0 Å². The first-order chi connectivity index (χ1) is 11.6. The molecule has 1 aliphatic heterocycles. The molecule has 1 saturated carbocycles. The van der Waals surface area contributed by atoms with Gasteiger partial charge in [-0.2, -0.15) is 0 Å². The number of fused-ring (bicyclic) bond motifs is 1. The molecule has 1 amide bonds. The Balaban J connectivity index is 1.45. The van der Waals surface area contributed by atoms with Crippen LogP contribution >= 0.6 is 0 Å². The zero-order chi connectivity index (χ0) is 16.7. The van der Waals surface area contributed by atoms with E-state index in [0.717, 1.165) is 25.2 Å². The van der Waals surface area contributed by atoms with Gasteiger partial charge in [-0.05, 0) is 25.8 Å². The van der Waals surface area contributed by atoms with Crippen molar-refractivity contribution >= 4 is 11.9 Å². The number of carbonyl (C=O) groups is 1. The summed E-state index contributed by atoms with van der Waals surface area (Å²) in [6, 6.07) is 1.48. The molecule has 4 rings (SSSR count). The summed E-state index contributed by atoms with van der Waals surface area (Å²) in [5, 5.41) is 2.78. The van der Waals surface area contributed by atoms with Crippen LogP contribution in [0.2, 0.25) is 0 Å². The van der Waals surface area contributed by atoms with Crippen molar-refractivity contribution in [3.8, 4) is 0 Å². The van der Waals surface area contributed by atoms with Crippen LogP contribution in [0.4, 0.5) is 5.95 Å². The van der Waals surface area contributed by atoms with Crippen LogP contribution in [0.25, 0.3) is 0 Å². The summed E-state index contributed by atoms with van der Waals surface area (Å²) in [7, 11) is 2.12. The van der Waals surface area contributed by atoms with Crippen molar-refractivity contribution in [2.75, 3.05) is 11.9 Å². The summed E-state index contributed by atoms with van der Waals surface area (Å²) in [5.74, 6) is 2.13. The summed E-state index contributed by atoms with van der Waals surface area (Å²) in [5.41, 5.74) is 2.45. The summed E-state index contributed by atoms with van der Waals surface area (Å²) in [6.45, 7) is 3.51. The number of nitrogens with zero attached hydrogens (tertiary/aromatic N) is 5. The summed E-state index contributed by atoms with van der Waals surface area (Å²) < 4.78 is 2.27. The third kappa shape index (κ3) is 2.80. The van der Waals surface area contributed by atoms with Gasteiger partial charge in [0.25, 0.3) is 0 Å². The van der Waals surface area contributed by atoms with Crippen LogP contribution in [-0.2, 0) is 24.8 Å². The Hall–Kier alpha value is -2.28. The zero-order valence-corrected chi connectivity index (χ0v) is 14.1. The Morgan fingerprint density at radius 3 is 2.79 bits per heavy atom. The number of imidazole rings is 1. The lowest BCUT2D eigenvalue weighted by molar-refractivity contribution is -0.121. The molecule has 0 radical (unpaired) electrons. The number of hydrogen-bond acceptors (Lipinski definition) is 5. The third-order valence-electron chi connectivity index (χ3n) is 4.99. The van der Waals surface area contributed by atoms with Gasteiger partial charge in [-0.1, -0.05) is 0 Å². The van der Waals surface area contributed by atoms with Crippen molar-refractivity contribution in [1.82, 2.24) is 24.4 Å². The molecule has 126 valence electrons. The number of aromatic nitrogens is 4.